The van der Waals surface area contributed by atoms with Gasteiger partial charge in [-0.25, -0.2) is 0 Å². The van der Waals surface area contributed by atoms with Crippen molar-refractivity contribution in [2.45, 2.75) is 71.2 Å². The van der Waals surface area contributed by atoms with Gasteiger partial charge in [-0.2, -0.15) is 0 Å². The summed E-state index contributed by atoms with van der Waals surface area (Å²) in [5.74, 6) is -0.667. The van der Waals surface area contributed by atoms with Crippen molar-refractivity contribution in [3.05, 3.63) is 11.6 Å². The number of aliphatic hydroxyl groups excluding tert-OH is 1. The molecule has 0 bridgehead atoms. The van der Waals surface area contributed by atoms with Crippen molar-refractivity contribution in [3.63, 3.8) is 0 Å². The summed E-state index contributed by atoms with van der Waals surface area (Å²) < 4.78 is 5.14. The lowest BCUT2D eigenvalue weighted by atomic mass is 9.62. The minimum Gasteiger partial charge on any atom is -0.463 e. The van der Waals surface area contributed by atoms with E-state index in [0.717, 1.165) is 24.8 Å². The Morgan fingerprint density at radius 3 is 2.70 bits per heavy atom. The van der Waals surface area contributed by atoms with Gasteiger partial charge >= 0.3 is 5.97 Å². The van der Waals surface area contributed by atoms with E-state index >= 15 is 0 Å². The van der Waals surface area contributed by atoms with Crippen LogP contribution in [0.15, 0.2) is 11.6 Å². The first-order chi connectivity index (χ1) is 9.18. The second-order valence-electron chi connectivity index (χ2n) is 7.05. The average molecular weight is 282 g/mol. The number of carbonyl (C=O) groups excluding carboxylic acids is 1. The average Bonchev–Trinajstić information content (AvgIpc) is 2.54. The maximum Gasteiger partial charge on any atom is 0.306 e. The third-order valence-corrected chi connectivity index (χ3v) is 4.79. The lowest BCUT2D eigenvalue weighted by Gasteiger charge is -2.48. The fourth-order valence-electron chi connectivity index (χ4n) is 3.67. The van der Waals surface area contributed by atoms with E-state index in [4.69, 9.17) is 4.74 Å². The first-order valence-corrected chi connectivity index (χ1v) is 7.49. The van der Waals surface area contributed by atoms with Crippen LogP contribution in [0.4, 0.5) is 0 Å². The Morgan fingerprint density at radius 2 is 2.15 bits per heavy atom. The molecular formula is C16H26O4. The quantitative estimate of drug-likeness (QED) is 0.615. The second-order valence-corrected chi connectivity index (χ2v) is 7.05. The van der Waals surface area contributed by atoms with Crippen LogP contribution in [0, 0.1) is 11.3 Å². The molecule has 0 radical (unpaired) electrons. The van der Waals surface area contributed by atoms with Crippen LogP contribution < -0.4 is 0 Å². The lowest BCUT2D eigenvalue weighted by Crippen LogP contribution is -2.56. The molecule has 2 aliphatic carbocycles. The van der Waals surface area contributed by atoms with E-state index in [9.17, 15) is 15.0 Å². The summed E-state index contributed by atoms with van der Waals surface area (Å²) in [6.07, 6.45) is 3.63. The highest BCUT2D eigenvalue weighted by Crippen LogP contribution is 2.54. The predicted molar refractivity (Wildman–Crippen MR) is 76.0 cm³/mol. The molecular weight excluding hydrogens is 256 g/mol. The zero-order valence-electron chi connectivity index (χ0n) is 12.8. The molecule has 2 aliphatic rings. The van der Waals surface area contributed by atoms with E-state index in [1.54, 1.807) is 13.8 Å². The maximum absolute atomic E-state index is 11.8. The van der Waals surface area contributed by atoms with Crippen LogP contribution in [0.3, 0.4) is 0 Å². The molecule has 0 aliphatic heterocycles. The smallest absolute Gasteiger partial charge is 0.306 e. The Kier molecular flexibility index (Phi) is 4.00. The number of aliphatic hydroxyl groups is 2. The number of hydrogen-bond acceptors (Lipinski definition) is 4. The Labute approximate surface area is 120 Å². The summed E-state index contributed by atoms with van der Waals surface area (Å²) in [7, 11) is 0. The highest BCUT2D eigenvalue weighted by Gasteiger charge is 2.58. The van der Waals surface area contributed by atoms with Gasteiger partial charge in [0.1, 0.15) is 5.60 Å². The van der Waals surface area contributed by atoms with E-state index in [0.29, 0.717) is 0 Å². The summed E-state index contributed by atoms with van der Waals surface area (Å²) >= 11 is 0. The van der Waals surface area contributed by atoms with Gasteiger partial charge in [-0.05, 0) is 44.1 Å². The summed E-state index contributed by atoms with van der Waals surface area (Å²) in [5, 5.41) is 21.6. The van der Waals surface area contributed by atoms with Crippen molar-refractivity contribution in [2.75, 3.05) is 0 Å². The number of esters is 1. The number of fused-ring (bicyclic) bond motifs is 1. The second kappa shape index (κ2) is 5.15. The van der Waals surface area contributed by atoms with Crippen molar-refractivity contribution >= 4 is 5.97 Å². The minimum absolute atomic E-state index is 0.126. The van der Waals surface area contributed by atoms with Gasteiger partial charge in [0.15, 0.2) is 0 Å². The van der Waals surface area contributed by atoms with Crippen molar-refractivity contribution in [1.82, 2.24) is 0 Å². The summed E-state index contributed by atoms with van der Waals surface area (Å²) in [4.78, 5) is 11.8. The minimum atomic E-state index is -1.20. The van der Waals surface area contributed by atoms with Gasteiger partial charge in [0.2, 0.25) is 0 Å². The normalized spacial score (nSPS) is 35.6. The van der Waals surface area contributed by atoms with Crippen molar-refractivity contribution in [3.8, 4) is 0 Å². The third kappa shape index (κ3) is 2.40. The standard InChI is InChI=1S/C16H26O4/c1-10(2)20-13(17)9-11-8-12-6-5-7-15(3,4)16(12,19)14(11)18/h8,10-11,14,18-19H,5-7,9H2,1-4H3/t11-,14+,16-/m0/s1. The van der Waals surface area contributed by atoms with E-state index in [-0.39, 0.29) is 29.8 Å². The zero-order chi connectivity index (χ0) is 15.1. The van der Waals surface area contributed by atoms with Gasteiger partial charge in [-0.15, -0.1) is 0 Å². The van der Waals surface area contributed by atoms with Gasteiger partial charge in [0.05, 0.1) is 18.6 Å². The van der Waals surface area contributed by atoms with Crippen LogP contribution in [0.25, 0.3) is 0 Å². The van der Waals surface area contributed by atoms with Crippen LogP contribution in [0.5, 0.6) is 0 Å². The van der Waals surface area contributed by atoms with Gasteiger partial charge in [-0.1, -0.05) is 19.9 Å². The highest BCUT2D eigenvalue weighted by molar-refractivity contribution is 5.70. The topological polar surface area (TPSA) is 66.8 Å². The van der Waals surface area contributed by atoms with E-state index in [2.05, 4.69) is 0 Å². The molecule has 0 unspecified atom stereocenters. The molecule has 1 saturated carbocycles. The van der Waals surface area contributed by atoms with Crippen LogP contribution in [-0.2, 0) is 9.53 Å². The van der Waals surface area contributed by atoms with Gasteiger partial charge in [0.25, 0.3) is 0 Å². The lowest BCUT2D eigenvalue weighted by molar-refractivity contribution is -0.155. The van der Waals surface area contributed by atoms with Crippen LogP contribution in [-0.4, -0.2) is 34.0 Å². The highest BCUT2D eigenvalue weighted by atomic mass is 16.5. The number of carbonyl (C=O) groups is 1. The molecule has 0 aromatic rings. The zero-order valence-corrected chi connectivity index (χ0v) is 12.8. The molecule has 0 aromatic heterocycles. The molecule has 0 heterocycles. The molecule has 114 valence electrons. The number of hydrogen-bond donors (Lipinski definition) is 2. The monoisotopic (exact) mass is 282 g/mol. The first kappa shape index (κ1) is 15.5. The number of ether oxygens (including phenoxy) is 1. The SMILES string of the molecule is CC(C)OC(=O)C[C@@H]1C=C2CCCC(C)(C)[C@@]2(O)[C@@H]1O. The molecule has 3 atom stereocenters. The first-order valence-electron chi connectivity index (χ1n) is 7.49. The van der Waals surface area contributed by atoms with Gasteiger partial charge in [-0.3, -0.25) is 4.79 Å². The molecule has 2 rings (SSSR count). The van der Waals surface area contributed by atoms with Gasteiger partial charge in [0, 0.05) is 5.92 Å². The van der Waals surface area contributed by atoms with Crippen LogP contribution in [0.1, 0.15) is 53.4 Å². The molecule has 0 amide bonds. The van der Waals surface area contributed by atoms with Crippen molar-refractivity contribution in [2.24, 2.45) is 11.3 Å². The van der Waals surface area contributed by atoms with Gasteiger partial charge < -0.3 is 14.9 Å². The Bertz CT molecular complexity index is 424. The molecule has 20 heavy (non-hydrogen) atoms. The van der Waals surface area contributed by atoms with Crippen molar-refractivity contribution in [1.29, 1.82) is 0 Å². The predicted octanol–water partition coefficient (Wildman–Crippen LogP) is 2.19. The van der Waals surface area contributed by atoms with E-state index < -0.39 is 11.7 Å². The van der Waals surface area contributed by atoms with E-state index in [1.165, 1.54) is 0 Å². The van der Waals surface area contributed by atoms with Crippen molar-refractivity contribution < 1.29 is 19.7 Å². The fraction of sp³-hybridized carbons (Fsp3) is 0.812. The molecule has 0 spiro atoms. The summed E-state index contributed by atoms with van der Waals surface area (Å²) in [6, 6.07) is 0. The molecule has 0 saturated heterocycles. The Hall–Kier alpha value is -0.870. The fourth-order valence-corrected chi connectivity index (χ4v) is 3.67. The number of rotatable bonds is 3. The Morgan fingerprint density at radius 1 is 1.50 bits per heavy atom. The summed E-state index contributed by atoms with van der Waals surface area (Å²) in [6.45, 7) is 7.58. The largest absolute Gasteiger partial charge is 0.463 e. The molecule has 2 N–H and O–H groups in total. The summed E-state index contributed by atoms with van der Waals surface area (Å²) in [5.41, 5.74) is -0.676. The van der Waals surface area contributed by atoms with Crippen LogP contribution in [0.2, 0.25) is 0 Å². The van der Waals surface area contributed by atoms with Crippen LogP contribution >= 0.6 is 0 Å². The molecule has 4 heteroatoms. The molecule has 1 fully saturated rings. The maximum atomic E-state index is 11.8. The molecule has 0 aromatic carbocycles. The Balaban J connectivity index is 2.16. The molecule has 4 nitrogen and oxygen atoms in total. The van der Waals surface area contributed by atoms with E-state index in [1.807, 2.05) is 19.9 Å². The third-order valence-electron chi connectivity index (χ3n) is 4.79.